The molecular weight excluding hydrogens is 263 g/mol. The molecule has 2 rings (SSSR count). The summed E-state index contributed by atoms with van der Waals surface area (Å²) in [5, 5.41) is 3.40. The Bertz CT molecular complexity index is 462. The third-order valence-electron chi connectivity index (χ3n) is 5.62. The highest BCUT2D eigenvalue weighted by Gasteiger charge is 2.39. The third-order valence-corrected chi connectivity index (χ3v) is 5.62. The SMILES string of the molecule is CCC(C)(C)C1CCC(CN)(Nc2ccccc2F)CC1. The van der Waals surface area contributed by atoms with E-state index >= 15 is 0 Å². The molecule has 1 saturated carbocycles. The fourth-order valence-electron chi connectivity index (χ4n) is 3.47. The van der Waals surface area contributed by atoms with Crippen molar-refractivity contribution in [3.8, 4) is 0 Å². The van der Waals surface area contributed by atoms with Gasteiger partial charge >= 0.3 is 0 Å². The smallest absolute Gasteiger partial charge is 0.146 e. The number of halogens is 1. The Hall–Kier alpha value is -1.09. The lowest BCUT2D eigenvalue weighted by atomic mass is 9.65. The lowest BCUT2D eigenvalue weighted by Gasteiger charge is -2.45. The molecule has 0 bridgehead atoms. The van der Waals surface area contributed by atoms with Crippen molar-refractivity contribution in [2.45, 2.75) is 58.4 Å². The van der Waals surface area contributed by atoms with E-state index in [2.05, 4.69) is 26.1 Å². The normalized spacial score (nSPS) is 26.6. The zero-order chi connectivity index (χ0) is 15.5. The molecule has 118 valence electrons. The van der Waals surface area contributed by atoms with Crippen LogP contribution in [0.4, 0.5) is 10.1 Å². The Balaban J connectivity index is 2.07. The van der Waals surface area contributed by atoms with E-state index in [-0.39, 0.29) is 11.4 Å². The van der Waals surface area contributed by atoms with Gasteiger partial charge in [-0.1, -0.05) is 39.3 Å². The zero-order valence-electron chi connectivity index (χ0n) is 13.6. The summed E-state index contributed by atoms with van der Waals surface area (Å²) in [6, 6.07) is 6.88. The summed E-state index contributed by atoms with van der Waals surface area (Å²) < 4.78 is 13.9. The quantitative estimate of drug-likeness (QED) is 0.834. The highest BCUT2D eigenvalue weighted by molar-refractivity contribution is 5.47. The maximum atomic E-state index is 13.9. The first-order chi connectivity index (χ1) is 9.92. The maximum absolute atomic E-state index is 13.9. The molecule has 0 atom stereocenters. The van der Waals surface area contributed by atoms with Crippen LogP contribution in [0.5, 0.6) is 0 Å². The first-order valence-electron chi connectivity index (χ1n) is 8.15. The minimum atomic E-state index is -0.193. The molecule has 0 radical (unpaired) electrons. The summed E-state index contributed by atoms with van der Waals surface area (Å²) in [7, 11) is 0. The van der Waals surface area contributed by atoms with Crippen molar-refractivity contribution in [2.24, 2.45) is 17.1 Å². The van der Waals surface area contributed by atoms with E-state index in [1.54, 1.807) is 12.1 Å². The molecule has 1 aromatic carbocycles. The van der Waals surface area contributed by atoms with Crippen molar-refractivity contribution in [1.82, 2.24) is 0 Å². The summed E-state index contributed by atoms with van der Waals surface area (Å²) in [6.07, 6.45) is 5.57. The summed E-state index contributed by atoms with van der Waals surface area (Å²) >= 11 is 0. The van der Waals surface area contributed by atoms with Gasteiger partial charge in [0, 0.05) is 12.1 Å². The lowest BCUT2D eigenvalue weighted by Crippen LogP contribution is -2.49. The topological polar surface area (TPSA) is 38.0 Å². The van der Waals surface area contributed by atoms with Crippen LogP contribution in [0.2, 0.25) is 0 Å². The van der Waals surface area contributed by atoms with E-state index in [4.69, 9.17) is 5.73 Å². The molecule has 0 amide bonds. The van der Waals surface area contributed by atoms with Crippen molar-refractivity contribution in [3.63, 3.8) is 0 Å². The number of hydrogen-bond donors (Lipinski definition) is 2. The average Bonchev–Trinajstić information content (AvgIpc) is 2.50. The van der Waals surface area contributed by atoms with Crippen molar-refractivity contribution in [1.29, 1.82) is 0 Å². The van der Waals surface area contributed by atoms with Gasteiger partial charge in [-0.2, -0.15) is 0 Å². The number of rotatable bonds is 5. The Labute approximate surface area is 128 Å². The predicted octanol–water partition coefficient (Wildman–Crippen LogP) is 4.56. The molecule has 1 aliphatic rings. The van der Waals surface area contributed by atoms with Crippen LogP contribution in [-0.4, -0.2) is 12.1 Å². The highest BCUT2D eigenvalue weighted by Crippen LogP contribution is 2.44. The molecule has 0 saturated heterocycles. The van der Waals surface area contributed by atoms with Gasteiger partial charge in [0.15, 0.2) is 0 Å². The molecule has 3 N–H and O–H groups in total. The van der Waals surface area contributed by atoms with Gasteiger partial charge in [-0.25, -0.2) is 4.39 Å². The maximum Gasteiger partial charge on any atom is 0.146 e. The number of nitrogens with one attached hydrogen (secondary N) is 1. The van der Waals surface area contributed by atoms with E-state index in [0.29, 0.717) is 17.6 Å². The van der Waals surface area contributed by atoms with Gasteiger partial charge in [0.2, 0.25) is 0 Å². The van der Waals surface area contributed by atoms with Crippen LogP contribution in [0.3, 0.4) is 0 Å². The molecule has 2 nitrogen and oxygen atoms in total. The fraction of sp³-hybridized carbons (Fsp3) is 0.667. The van der Waals surface area contributed by atoms with Crippen LogP contribution in [0.25, 0.3) is 0 Å². The summed E-state index contributed by atoms with van der Waals surface area (Å²) in [6.45, 7) is 7.54. The summed E-state index contributed by atoms with van der Waals surface area (Å²) in [5.74, 6) is 0.547. The van der Waals surface area contributed by atoms with Gasteiger partial charge in [0.05, 0.1) is 5.69 Å². The van der Waals surface area contributed by atoms with E-state index in [0.717, 1.165) is 18.8 Å². The molecule has 0 aromatic heterocycles. The Morgan fingerprint density at radius 1 is 1.29 bits per heavy atom. The van der Waals surface area contributed by atoms with Gasteiger partial charge in [-0.3, -0.25) is 0 Å². The van der Waals surface area contributed by atoms with E-state index in [9.17, 15) is 4.39 Å². The molecule has 0 aliphatic heterocycles. The molecule has 1 fully saturated rings. The monoisotopic (exact) mass is 292 g/mol. The molecule has 3 heteroatoms. The van der Waals surface area contributed by atoms with E-state index in [1.165, 1.54) is 25.3 Å². The molecule has 0 unspecified atom stereocenters. The third kappa shape index (κ3) is 3.57. The number of anilines is 1. The van der Waals surface area contributed by atoms with Gasteiger partial charge in [-0.05, 0) is 49.1 Å². The molecule has 0 spiro atoms. The largest absolute Gasteiger partial charge is 0.376 e. The van der Waals surface area contributed by atoms with Crippen LogP contribution < -0.4 is 11.1 Å². The van der Waals surface area contributed by atoms with Crippen LogP contribution in [0, 0.1) is 17.2 Å². The minimum Gasteiger partial charge on any atom is -0.376 e. The van der Waals surface area contributed by atoms with Gasteiger partial charge in [0.25, 0.3) is 0 Å². The zero-order valence-corrected chi connectivity index (χ0v) is 13.6. The fourth-order valence-corrected chi connectivity index (χ4v) is 3.47. The van der Waals surface area contributed by atoms with Crippen LogP contribution in [0.15, 0.2) is 24.3 Å². The van der Waals surface area contributed by atoms with Gasteiger partial charge in [0.1, 0.15) is 5.82 Å². The van der Waals surface area contributed by atoms with Gasteiger partial charge < -0.3 is 11.1 Å². The number of hydrogen-bond acceptors (Lipinski definition) is 2. The minimum absolute atomic E-state index is 0.150. The van der Waals surface area contributed by atoms with Crippen LogP contribution >= 0.6 is 0 Å². The Kier molecular flexibility index (Phi) is 4.92. The standard InChI is InChI=1S/C18H29FN2/c1-4-17(2,3)14-9-11-18(13-20,12-10-14)21-16-8-6-5-7-15(16)19/h5-8,14,21H,4,9-13,20H2,1-3H3. The first kappa shape index (κ1) is 16.3. The molecule has 1 aliphatic carbocycles. The number of nitrogens with two attached hydrogens (primary N) is 1. The Morgan fingerprint density at radius 3 is 2.43 bits per heavy atom. The van der Waals surface area contributed by atoms with Crippen molar-refractivity contribution in [3.05, 3.63) is 30.1 Å². The second kappa shape index (κ2) is 6.35. The van der Waals surface area contributed by atoms with E-state index in [1.807, 2.05) is 6.07 Å². The van der Waals surface area contributed by atoms with Crippen molar-refractivity contribution >= 4 is 5.69 Å². The highest BCUT2D eigenvalue weighted by atomic mass is 19.1. The summed E-state index contributed by atoms with van der Waals surface area (Å²) in [5.41, 5.74) is 6.86. The molecule has 0 heterocycles. The second-order valence-corrected chi connectivity index (χ2v) is 7.21. The molecule has 21 heavy (non-hydrogen) atoms. The summed E-state index contributed by atoms with van der Waals surface area (Å²) in [4.78, 5) is 0. The lowest BCUT2D eigenvalue weighted by molar-refractivity contribution is 0.124. The van der Waals surface area contributed by atoms with Crippen LogP contribution in [-0.2, 0) is 0 Å². The number of para-hydroxylation sites is 1. The van der Waals surface area contributed by atoms with Crippen molar-refractivity contribution < 1.29 is 4.39 Å². The molecule has 1 aromatic rings. The number of benzene rings is 1. The Morgan fingerprint density at radius 2 is 1.90 bits per heavy atom. The van der Waals surface area contributed by atoms with Crippen molar-refractivity contribution in [2.75, 3.05) is 11.9 Å². The van der Waals surface area contributed by atoms with Gasteiger partial charge in [-0.15, -0.1) is 0 Å². The average molecular weight is 292 g/mol. The first-order valence-corrected chi connectivity index (χ1v) is 8.15. The van der Waals surface area contributed by atoms with E-state index < -0.39 is 0 Å². The van der Waals surface area contributed by atoms with Crippen LogP contribution in [0.1, 0.15) is 52.9 Å². The predicted molar refractivity (Wildman–Crippen MR) is 87.8 cm³/mol. The second-order valence-electron chi connectivity index (χ2n) is 7.21. The molecular formula is C18H29FN2.